The highest BCUT2D eigenvalue weighted by molar-refractivity contribution is 5.80. The maximum atomic E-state index is 8.60. The summed E-state index contributed by atoms with van der Waals surface area (Å²) in [4.78, 5) is 6.74. The number of anilines is 1. The lowest BCUT2D eigenvalue weighted by atomic mass is 10.1. The van der Waals surface area contributed by atoms with Crippen molar-refractivity contribution in [2.75, 3.05) is 19.0 Å². The van der Waals surface area contributed by atoms with Gasteiger partial charge in [-0.2, -0.15) is 28.0 Å². The number of hydrogen-bond donors (Lipinski definition) is 2. The van der Waals surface area contributed by atoms with Crippen LogP contribution in [-0.2, 0) is 0 Å². The fourth-order valence-corrected chi connectivity index (χ4v) is 2.24. The van der Waals surface area contributed by atoms with Crippen molar-refractivity contribution < 1.29 is 57.8 Å². The average Bonchev–Trinajstić information content (AvgIpc) is 2.64. The van der Waals surface area contributed by atoms with Crippen molar-refractivity contribution in [1.82, 2.24) is 4.98 Å². The molecule has 31 heavy (non-hydrogen) atoms. The first kappa shape index (κ1) is 26.7. The Labute approximate surface area is 182 Å². The molecule has 3 aromatic rings. The first-order valence-corrected chi connectivity index (χ1v) is 10.8. The first-order chi connectivity index (χ1) is 14.2. The number of pyridine rings is 1. The largest absolute Gasteiger partial charge is 0.378 e. The lowest BCUT2D eigenvalue weighted by molar-refractivity contribution is -1.92. The Morgan fingerprint density at radius 2 is 1.26 bits per heavy atom. The lowest BCUT2D eigenvalue weighted by Crippen LogP contribution is -2.58. The summed E-state index contributed by atoms with van der Waals surface area (Å²) in [5.74, 6) is 0. The van der Waals surface area contributed by atoms with Crippen LogP contribution in [0.1, 0.15) is 11.3 Å². The van der Waals surface area contributed by atoms with E-state index in [-0.39, 0.29) is 0 Å². The molecule has 10 nitrogen and oxygen atoms in total. The van der Waals surface area contributed by atoms with Crippen molar-refractivity contribution in [3.63, 3.8) is 0 Å². The van der Waals surface area contributed by atoms with E-state index in [1.165, 1.54) is 16.6 Å². The average molecular weight is 475 g/mol. The zero-order valence-electron chi connectivity index (χ0n) is 16.4. The summed E-state index contributed by atoms with van der Waals surface area (Å²) in [5, 5.41) is 1.17. The quantitative estimate of drug-likeness (QED) is 0.379. The first-order valence-electron chi connectivity index (χ1n) is 8.30. The van der Waals surface area contributed by atoms with Crippen molar-refractivity contribution in [1.29, 1.82) is 0 Å². The van der Waals surface area contributed by atoms with Gasteiger partial charge < -0.3 is 4.90 Å². The van der Waals surface area contributed by atoms with E-state index in [0.717, 1.165) is 11.2 Å². The molecule has 1 heterocycles. The Morgan fingerprint density at radius 1 is 0.742 bits per heavy atom. The Bertz CT molecular complexity index is 947. The SMILES string of the molecule is CN(C)c1ccc(/C=C/c2ccc3ccccc3n2)cc1.[O-][Cl+3]([O-])([O-])O.[O-][Cl+3]([O-])([O-])O. The van der Waals surface area contributed by atoms with Gasteiger partial charge in [0, 0.05) is 25.2 Å². The van der Waals surface area contributed by atoms with E-state index in [1.807, 2.05) is 38.4 Å². The number of halogens is 2. The summed E-state index contributed by atoms with van der Waals surface area (Å²) >= 11 is 0. The minimum Gasteiger partial charge on any atom is -0.378 e. The second-order valence-electron chi connectivity index (χ2n) is 6.04. The molecule has 0 bridgehead atoms. The lowest BCUT2D eigenvalue weighted by Gasteiger charge is -2.11. The van der Waals surface area contributed by atoms with Gasteiger partial charge in [0.2, 0.25) is 0 Å². The summed E-state index contributed by atoms with van der Waals surface area (Å²) in [6, 6.07) is 20.8. The Hall–Kier alpha value is -2.35. The molecule has 12 heteroatoms. The van der Waals surface area contributed by atoms with Gasteiger partial charge in [-0.15, -0.1) is 0 Å². The van der Waals surface area contributed by atoms with Gasteiger partial charge >= 0.3 is 0 Å². The van der Waals surface area contributed by atoms with E-state index in [1.54, 1.807) is 0 Å². The number of hydrogen-bond acceptors (Lipinski definition) is 10. The molecule has 3 rings (SSSR count). The normalized spacial score (nSPS) is 11.4. The molecule has 0 spiro atoms. The molecule has 0 unspecified atom stereocenters. The van der Waals surface area contributed by atoms with E-state index in [2.05, 4.69) is 58.4 Å². The molecule has 1 aromatic heterocycles. The van der Waals surface area contributed by atoms with Gasteiger partial charge in [-0.05, 0) is 35.9 Å². The number of rotatable bonds is 3. The fourth-order valence-electron chi connectivity index (χ4n) is 2.24. The van der Waals surface area contributed by atoms with Crippen LogP contribution in [0.3, 0.4) is 0 Å². The number of para-hydroxylation sites is 1. The molecule has 0 aliphatic carbocycles. The molecule has 0 amide bonds. The zero-order valence-corrected chi connectivity index (χ0v) is 17.9. The monoisotopic (exact) mass is 474 g/mol. The van der Waals surface area contributed by atoms with Gasteiger partial charge in [-0.3, -0.25) is 0 Å². The predicted octanol–water partition coefficient (Wildman–Crippen LogP) is -3.78. The summed E-state index contributed by atoms with van der Waals surface area (Å²) in [6.07, 6.45) is 4.15. The second-order valence-corrected chi connectivity index (χ2v) is 7.62. The smallest absolute Gasteiger partial charge is 0.0777 e. The Morgan fingerprint density at radius 3 is 1.77 bits per heavy atom. The standard InChI is InChI=1S/C19H18N2.2ClHO4/c1-21(2)18-13-8-15(9-14-18)7-11-17-12-10-16-5-3-4-6-19(16)20-17;2*2-1(3,4)5/h3-14H,1-2H3;2*(H,2,3,4,5)/b11-7+;;. The molecule has 0 saturated heterocycles. The van der Waals surface area contributed by atoms with Gasteiger partial charge in [0.05, 0.1) is 41.0 Å². The van der Waals surface area contributed by atoms with E-state index < -0.39 is 20.5 Å². The van der Waals surface area contributed by atoms with E-state index in [4.69, 9.17) is 37.3 Å². The molecule has 2 aromatic carbocycles. The second kappa shape index (κ2) is 11.9. The van der Waals surface area contributed by atoms with Gasteiger partial charge in [-0.1, -0.05) is 42.5 Å². The van der Waals surface area contributed by atoms with Gasteiger partial charge in [0.1, 0.15) is 0 Å². The van der Waals surface area contributed by atoms with E-state index in [0.29, 0.717) is 0 Å². The highest BCUT2D eigenvalue weighted by Gasteiger charge is 1.99. The molecule has 0 atom stereocenters. The number of benzene rings is 2. The van der Waals surface area contributed by atoms with Gasteiger partial charge in [-0.25, -0.2) is 4.98 Å². The maximum absolute atomic E-state index is 8.60. The summed E-state index contributed by atoms with van der Waals surface area (Å²) in [7, 11) is -5.30. The maximum Gasteiger partial charge on any atom is 0.0777 e. The molecule has 0 saturated carbocycles. The molecule has 0 aliphatic rings. The summed E-state index contributed by atoms with van der Waals surface area (Å²) < 4.78 is 65.4. The highest BCUT2D eigenvalue weighted by atomic mass is 35.7. The van der Waals surface area contributed by atoms with Crippen LogP contribution >= 0.6 is 0 Å². The molecular weight excluding hydrogens is 455 g/mol. The molecule has 0 aliphatic heterocycles. The van der Waals surface area contributed by atoms with Crippen molar-refractivity contribution in [2.45, 2.75) is 0 Å². The third-order valence-electron chi connectivity index (χ3n) is 3.48. The van der Waals surface area contributed by atoms with Crippen molar-refractivity contribution in [3.05, 3.63) is 71.9 Å². The third-order valence-corrected chi connectivity index (χ3v) is 3.48. The molecule has 0 radical (unpaired) electrons. The fraction of sp³-hybridized carbons (Fsp3) is 0.105. The number of aromatic nitrogens is 1. The molecule has 2 N–H and O–H groups in total. The van der Waals surface area contributed by atoms with E-state index >= 15 is 0 Å². The summed E-state index contributed by atoms with van der Waals surface area (Å²) in [6.45, 7) is 0. The molecule has 168 valence electrons. The number of fused-ring (bicyclic) bond motifs is 1. The van der Waals surface area contributed by atoms with Crippen molar-refractivity contribution in [3.8, 4) is 0 Å². The third kappa shape index (κ3) is 13.5. The van der Waals surface area contributed by atoms with Crippen molar-refractivity contribution in [2.24, 2.45) is 0 Å². The molecule has 0 fully saturated rings. The van der Waals surface area contributed by atoms with Crippen molar-refractivity contribution >= 4 is 28.7 Å². The number of nitrogens with zero attached hydrogens (tertiary/aromatic N) is 2. The van der Waals surface area contributed by atoms with Crippen LogP contribution in [0, 0.1) is 20.5 Å². The van der Waals surface area contributed by atoms with Crippen LogP contribution in [0.2, 0.25) is 0 Å². The Balaban J connectivity index is 0.000000404. The molecular formula is C19H20Cl2N2O8. The van der Waals surface area contributed by atoms with Gasteiger partial charge in [0.25, 0.3) is 0 Å². The van der Waals surface area contributed by atoms with Crippen LogP contribution in [-0.4, -0.2) is 28.4 Å². The highest BCUT2D eigenvalue weighted by Crippen LogP contribution is 2.16. The minimum absolute atomic E-state index is 0.977. The summed E-state index contributed by atoms with van der Waals surface area (Å²) in [5.41, 5.74) is 4.39. The van der Waals surface area contributed by atoms with Crippen LogP contribution in [0.4, 0.5) is 5.69 Å². The minimum atomic E-state index is -4.69. The van der Waals surface area contributed by atoms with Crippen LogP contribution in [0.15, 0.2) is 60.7 Å². The topological polar surface area (TPSA) is 195 Å². The zero-order chi connectivity index (χ0) is 23.7. The van der Waals surface area contributed by atoms with Gasteiger partial charge in [0.15, 0.2) is 0 Å². The Kier molecular flexibility index (Phi) is 10.2. The predicted molar refractivity (Wildman–Crippen MR) is 95.9 cm³/mol. The van der Waals surface area contributed by atoms with Crippen LogP contribution < -0.4 is 32.9 Å². The van der Waals surface area contributed by atoms with Crippen LogP contribution in [0.25, 0.3) is 23.1 Å². The van der Waals surface area contributed by atoms with Crippen LogP contribution in [0.5, 0.6) is 0 Å². The van der Waals surface area contributed by atoms with E-state index in [9.17, 15) is 0 Å².